The smallest absolute Gasteiger partial charge is 0.147 e. The standard InChI is InChI=1S/C13H13Br2NOS/c1-2-17-13-11(14)5-9(6-12(13)15)7-16-10-3-4-18-8-10/h3-6,8,16H,2,7H2,1H3. The lowest BCUT2D eigenvalue weighted by Crippen LogP contribution is -2.00. The third-order valence-electron chi connectivity index (χ3n) is 2.36. The number of benzene rings is 1. The Balaban J connectivity index is 2.10. The van der Waals surface area contributed by atoms with E-state index in [1.807, 2.05) is 6.92 Å². The summed E-state index contributed by atoms with van der Waals surface area (Å²) in [5.74, 6) is 0.858. The molecule has 0 radical (unpaired) electrons. The highest BCUT2D eigenvalue weighted by molar-refractivity contribution is 9.11. The number of halogens is 2. The van der Waals surface area contributed by atoms with E-state index in [0.29, 0.717) is 6.61 Å². The number of hydrogen-bond donors (Lipinski definition) is 1. The molecule has 2 nitrogen and oxygen atoms in total. The summed E-state index contributed by atoms with van der Waals surface area (Å²) in [5, 5.41) is 7.53. The van der Waals surface area contributed by atoms with Crippen molar-refractivity contribution in [3.63, 3.8) is 0 Å². The second-order valence-electron chi connectivity index (χ2n) is 3.69. The highest BCUT2D eigenvalue weighted by Crippen LogP contribution is 2.35. The van der Waals surface area contributed by atoms with Gasteiger partial charge in [-0.2, -0.15) is 11.3 Å². The summed E-state index contributed by atoms with van der Waals surface area (Å²) in [6.07, 6.45) is 0. The van der Waals surface area contributed by atoms with E-state index in [0.717, 1.165) is 26.9 Å². The molecule has 0 unspecified atom stereocenters. The third kappa shape index (κ3) is 3.49. The fourth-order valence-corrected chi connectivity index (χ4v) is 3.69. The van der Waals surface area contributed by atoms with Gasteiger partial charge in [0.05, 0.1) is 15.6 Å². The average molecular weight is 391 g/mol. The molecule has 0 atom stereocenters. The second-order valence-corrected chi connectivity index (χ2v) is 6.18. The molecule has 2 aromatic rings. The number of anilines is 1. The number of rotatable bonds is 5. The lowest BCUT2D eigenvalue weighted by atomic mass is 10.2. The summed E-state index contributed by atoms with van der Waals surface area (Å²) < 4.78 is 7.51. The van der Waals surface area contributed by atoms with Gasteiger partial charge < -0.3 is 10.1 Å². The molecule has 1 N–H and O–H groups in total. The molecule has 1 aromatic carbocycles. The van der Waals surface area contributed by atoms with E-state index in [1.54, 1.807) is 11.3 Å². The predicted octanol–water partition coefficient (Wildman–Crippen LogP) is 5.28. The Morgan fingerprint density at radius 2 is 2.00 bits per heavy atom. The first-order valence-electron chi connectivity index (χ1n) is 5.57. The molecule has 96 valence electrons. The lowest BCUT2D eigenvalue weighted by Gasteiger charge is -2.11. The van der Waals surface area contributed by atoms with Crippen LogP contribution in [0.15, 0.2) is 37.9 Å². The van der Waals surface area contributed by atoms with Crippen LogP contribution in [0.5, 0.6) is 5.75 Å². The highest BCUT2D eigenvalue weighted by atomic mass is 79.9. The largest absolute Gasteiger partial charge is 0.492 e. The molecular weight excluding hydrogens is 378 g/mol. The van der Waals surface area contributed by atoms with E-state index in [-0.39, 0.29) is 0 Å². The SMILES string of the molecule is CCOc1c(Br)cc(CNc2ccsc2)cc1Br. The summed E-state index contributed by atoms with van der Waals surface area (Å²) in [6.45, 7) is 3.43. The van der Waals surface area contributed by atoms with E-state index in [2.05, 4.69) is 66.1 Å². The monoisotopic (exact) mass is 389 g/mol. The van der Waals surface area contributed by atoms with Crippen LogP contribution in [0.3, 0.4) is 0 Å². The molecule has 0 amide bonds. The quantitative estimate of drug-likeness (QED) is 0.749. The highest BCUT2D eigenvalue weighted by Gasteiger charge is 2.08. The Morgan fingerprint density at radius 1 is 1.28 bits per heavy atom. The third-order valence-corrected chi connectivity index (χ3v) is 4.23. The molecule has 5 heteroatoms. The molecule has 0 spiro atoms. The molecule has 0 aliphatic rings. The summed E-state index contributed by atoms with van der Waals surface area (Å²) in [5.41, 5.74) is 2.35. The number of thiophene rings is 1. The molecule has 0 aliphatic heterocycles. The van der Waals surface area contributed by atoms with Gasteiger partial charge in [-0.25, -0.2) is 0 Å². The molecule has 0 saturated heterocycles. The molecule has 2 rings (SSSR count). The van der Waals surface area contributed by atoms with Crippen LogP contribution in [0.2, 0.25) is 0 Å². The van der Waals surface area contributed by atoms with E-state index < -0.39 is 0 Å². The Bertz CT molecular complexity index is 491. The van der Waals surface area contributed by atoms with Crippen molar-refractivity contribution in [1.82, 2.24) is 0 Å². The van der Waals surface area contributed by atoms with Gasteiger partial charge in [-0.3, -0.25) is 0 Å². The van der Waals surface area contributed by atoms with Crippen molar-refractivity contribution in [3.05, 3.63) is 43.5 Å². The van der Waals surface area contributed by atoms with Gasteiger partial charge in [0.1, 0.15) is 5.75 Å². The minimum atomic E-state index is 0.656. The summed E-state index contributed by atoms with van der Waals surface area (Å²) >= 11 is 8.76. The Labute approximate surface area is 128 Å². The van der Waals surface area contributed by atoms with Crippen molar-refractivity contribution in [1.29, 1.82) is 0 Å². The van der Waals surface area contributed by atoms with Gasteiger partial charge in [0.2, 0.25) is 0 Å². The minimum absolute atomic E-state index is 0.656. The van der Waals surface area contributed by atoms with Gasteiger partial charge in [-0.15, -0.1) is 0 Å². The molecule has 0 saturated carbocycles. The van der Waals surface area contributed by atoms with E-state index >= 15 is 0 Å². The molecule has 1 aromatic heterocycles. The normalized spacial score (nSPS) is 10.4. The van der Waals surface area contributed by atoms with E-state index in [9.17, 15) is 0 Å². The van der Waals surface area contributed by atoms with Gasteiger partial charge >= 0.3 is 0 Å². The van der Waals surface area contributed by atoms with Gasteiger partial charge in [0.15, 0.2) is 0 Å². The van der Waals surface area contributed by atoms with E-state index in [1.165, 1.54) is 5.56 Å². The van der Waals surface area contributed by atoms with Gasteiger partial charge in [0.25, 0.3) is 0 Å². The molecule has 0 fully saturated rings. The van der Waals surface area contributed by atoms with Crippen LogP contribution < -0.4 is 10.1 Å². The predicted molar refractivity (Wildman–Crippen MR) is 84.7 cm³/mol. The fourth-order valence-electron chi connectivity index (χ4n) is 1.57. The lowest BCUT2D eigenvalue weighted by molar-refractivity contribution is 0.336. The summed E-state index contributed by atoms with van der Waals surface area (Å²) in [7, 11) is 0. The molecule has 0 bridgehead atoms. The van der Waals surface area contributed by atoms with Crippen LogP contribution in [0, 0.1) is 0 Å². The van der Waals surface area contributed by atoms with Crippen molar-refractivity contribution in [3.8, 4) is 5.75 Å². The molecule has 18 heavy (non-hydrogen) atoms. The maximum absolute atomic E-state index is 5.56. The zero-order valence-corrected chi connectivity index (χ0v) is 13.9. The van der Waals surface area contributed by atoms with Crippen molar-refractivity contribution >= 4 is 48.9 Å². The second kappa shape index (κ2) is 6.59. The number of ether oxygens (including phenoxy) is 1. The van der Waals surface area contributed by atoms with Crippen molar-refractivity contribution < 1.29 is 4.74 Å². The van der Waals surface area contributed by atoms with Crippen LogP contribution in [0.25, 0.3) is 0 Å². The van der Waals surface area contributed by atoms with Crippen LogP contribution in [-0.2, 0) is 6.54 Å². The van der Waals surface area contributed by atoms with E-state index in [4.69, 9.17) is 4.74 Å². The molecule has 1 heterocycles. The Hall–Kier alpha value is -0.520. The summed E-state index contributed by atoms with van der Waals surface area (Å²) in [6, 6.07) is 6.23. The molecular formula is C13H13Br2NOS. The average Bonchev–Trinajstić information content (AvgIpc) is 2.84. The first kappa shape index (κ1) is 13.9. The topological polar surface area (TPSA) is 21.3 Å². The summed E-state index contributed by atoms with van der Waals surface area (Å²) in [4.78, 5) is 0. The minimum Gasteiger partial charge on any atom is -0.492 e. The van der Waals surface area contributed by atoms with Crippen molar-refractivity contribution in [2.75, 3.05) is 11.9 Å². The zero-order valence-electron chi connectivity index (χ0n) is 9.87. The first-order valence-corrected chi connectivity index (χ1v) is 8.10. The molecule has 0 aliphatic carbocycles. The van der Waals surface area contributed by atoms with Crippen LogP contribution in [0.4, 0.5) is 5.69 Å². The van der Waals surface area contributed by atoms with Crippen molar-refractivity contribution in [2.45, 2.75) is 13.5 Å². The number of hydrogen-bond acceptors (Lipinski definition) is 3. The van der Waals surface area contributed by atoms with Gasteiger partial charge in [-0.05, 0) is 67.9 Å². The zero-order chi connectivity index (χ0) is 13.0. The fraction of sp³-hybridized carbons (Fsp3) is 0.231. The Kier molecular flexibility index (Phi) is 5.09. The van der Waals surface area contributed by atoms with Crippen LogP contribution in [0.1, 0.15) is 12.5 Å². The number of nitrogens with one attached hydrogen (secondary N) is 1. The van der Waals surface area contributed by atoms with Crippen LogP contribution >= 0.6 is 43.2 Å². The van der Waals surface area contributed by atoms with Gasteiger partial charge in [-0.1, -0.05) is 0 Å². The Morgan fingerprint density at radius 3 is 2.56 bits per heavy atom. The maximum Gasteiger partial charge on any atom is 0.147 e. The van der Waals surface area contributed by atoms with Crippen molar-refractivity contribution in [2.24, 2.45) is 0 Å². The van der Waals surface area contributed by atoms with Crippen LogP contribution in [-0.4, -0.2) is 6.61 Å². The van der Waals surface area contributed by atoms with Gasteiger partial charge in [0, 0.05) is 17.6 Å². The first-order chi connectivity index (χ1) is 8.70. The maximum atomic E-state index is 5.56.